The molecule has 1 atom stereocenters. The van der Waals surface area contributed by atoms with E-state index in [0.29, 0.717) is 13.0 Å². The second-order valence-corrected chi connectivity index (χ2v) is 8.50. The van der Waals surface area contributed by atoms with E-state index < -0.39 is 34.5 Å². The van der Waals surface area contributed by atoms with Gasteiger partial charge in [0.05, 0.1) is 16.6 Å². The third kappa shape index (κ3) is 5.19. The van der Waals surface area contributed by atoms with Gasteiger partial charge in [0, 0.05) is 6.54 Å². The molecule has 1 aliphatic heterocycles. The van der Waals surface area contributed by atoms with E-state index in [1.165, 1.54) is 6.07 Å². The van der Waals surface area contributed by atoms with Crippen LogP contribution >= 0.6 is 11.6 Å². The molecule has 1 heterocycles. The number of benzene rings is 2. The van der Waals surface area contributed by atoms with E-state index in [0.717, 1.165) is 23.3 Å². The van der Waals surface area contributed by atoms with Gasteiger partial charge in [0.1, 0.15) is 18.0 Å². The minimum absolute atomic E-state index is 0.0187. The summed E-state index contributed by atoms with van der Waals surface area (Å²) in [7, 11) is 0. The van der Waals surface area contributed by atoms with Gasteiger partial charge in [-0.2, -0.15) is 13.2 Å². The maximum absolute atomic E-state index is 13.1. The van der Waals surface area contributed by atoms with Gasteiger partial charge in [-0.1, -0.05) is 35.9 Å². The summed E-state index contributed by atoms with van der Waals surface area (Å²) in [5.41, 5.74) is 0.323. The first-order chi connectivity index (χ1) is 14.0. The number of alkyl halides is 3. The molecule has 0 aliphatic carbocycles. The molecule has 0 radical (unpaired) electrons. The van der Waals surface area contributed by atoms with Crippen LogP contribution in [0.4, 0.5) is 18.0 Å². The van der Waals surface area contributed by atoms with Gasteiger partial charge < -0.3 is 9.47 Å². The predicted molar refractivity (Wildman–Crippen MR) is 108 cm³/mol. The lowest BCUT2D eigenvalue weighted by Gasteiger charge is -2.38. The SMILES string of the molecule is CC(C)(C)OC(=O)N1CCc2ccccc2C1COc1ccc(Cl)c(C(F)(F)F)c1. The second kappa shape index (κ2) is 8.38. The van der Waals surface area contributed by atoms with E-state index in [1.54, 1.807) is 25.7 Å². The molecule has 3 rings (SSSR count). The van der Waals surface area contributed by atoms with Crippen molar-refractivity contribution in [2.45, 2.75) is 45.0 Å². The zero-order chi connectivity index (χ0) is 22.1. The van der Waals surface area contributed by atoms with Gasteiger partial charge in [-0.3, -0.25) is 4.90 Å². The van der Waals surface area contributed by atoms with Crippen molar-refractivity contribution in [3.05, 3.63) is 64.2 Å². The molecule has 162 valence electrons. The van der Waals surface area contributed by atoms with Crippen molar-refractivity contribution < 1.29 is 27.4 Å². The molecular weight excluding hydrogens is 419 g/mol. The first-order valence-corrected chi connectivity index (χ1v) is 9.90. The van der Waals surface area contributed by atoms with Gasteiger partial charge in [0.2, 0.25) is 0 Å². The average Bonchev–Trinajstić information content (AvgIpc) is 2.64. The van der Waals surface area contributed by atoms with Crippen LogP contribution in [0.15, 0.2) is 42.5 Å². The quantitative estimate of drug-likeness (QED) is 0.563. The van der Waals surface area contributed by atoms with E-state index >= 15 is 0 Å². The lowest BCUT2D eigenvalue weighted by Crippen LogP contribution is -2.45. The van der Waals surface area contributed by atoms with Crippen LogP contribution in [-0.4, -0.2) is 29.7 Å². The third-order valence-electron chi connectivity index (χ3n) is 4.69. The Morgan fingerprint density at radius 1 is 1.17 bits per heavy atom. The number of fused-ring (bicyclic) bond motifs is 1. The van der Waals surface area contributed by atoms with E-state index in [-0.39, 0.29) is 12.4 Å². The monoisotopic (exact) mass is 441 g/mol. The van der Waals surface area contributed by atoms with Crippen molar-refractivity contribution in [3.63, 3.8) is 0 Å². The van der Waals surface area contributed by atoms with Crippen molar-refractivity contribution >= 4 is 17.7 Å². The van der Waals surface area contributed by atoms with Gasteiger partial charge >= 0.3 is 12.3 Å². The summed E-state index contributed by atoms with van der Waals surface area (Å²) >= 11 is 5.68. The fraction of sp³-hybridized carbons (Fsp3) is 0.409. The first kappa shape index (κ1) is 22.3. The Bertz CT molecular complexity index is 925. The van der Waals surface area contributed by atoms with Gasteiger partial charge in [-0.05, 0) is 56.5 Å². The summed E-state index contributed by atoms with van der Waals surface area (Å²) in [5, 5.41) is -0.395. The highest BCUT2D eigenvalue weighted by atomic mass is 35.5. The summed E-state index contributed by atoms with van der Waals surface area (Å²) in [4.78, 5) is 14.3. The summed E-state index contributed by atoms with van der Waals surface area (Å²) < 4.78 is 50.6. The molecule has 1 unspecified atom stereocenters. The van der Waals surface area contributed by atoms with Crippen molar-refractivity contribution in [1.82, 2.24) is 4.90 Å². The lowest BCUT2D eigenvalue weighted by molar-refractivity contribution is -0.137. The summed E-state index contributed by atoms with van der Waals surface area (Å²) in [6.45, 7) is 5.74. The van der Waals surface area contributed by atoms with Crippen LogP contribution < -0.4 is 4.74 Å². The summed E-state index contributed by atoms with van der Waals surface area (Å²) in [5.74, 6) is 0.0268. The van der Waals surface area contributed by atoms with Gasteiger partial charge in [0.25, 0.3) is 0 Å². The summed E-state index contributed by atoms with van der Waals surface area (Å²) in [6, 6.07) is 10.5. The Hall–Kier alpha value is -2.41. The number of hydrogen-bond acceptors (Lipinski definition) is 3. The summed E-state index contributed by atoms with van der Waals surface area (Å²) in [6.07, 6.45) is -4.42. The highest BCUT2D eigenvalue weighted by Crippen LogP contribution is 2.37. The van der Waals surface area contributed by atoms with Crippen molar-refractivity contribution in [2.24, 2.45) is 0 Å². The smallest absolute Gasteiger partial charge is 0.417 e. The van der Waals surface area contributed by atoms with Crippen LogP contribution in [0.3, 0.4) is 0 Å². The number of hydrogen-bond donors (Lipinski definition) is 0. The molecule has 8 heteroatoms. The Morgan fingerprint density at radius 2 is 1.87 bits per heavy atom. The normalized spacial score (nSPS) is 16.8. The van der Waals surface area contributed by atoms with Crippen LogP contribution in [-0.2, 0) is 17.3 Å². The van der Waals surface area contributed by atoms with Crippen LogP contribution in [0.1, 0.15) is 43.5 Å². The Morgan fingerprint density at radius 3 is 2.53 bits per heavy atom. The van der Waals surface area contributed by atoms with E-state index in [1.807, 2.05) is 24.3 Å². The highest BCUT2D eigenvalue weighted by Gasteiger charge is 2.35. The van der Waals surface area contributed by atoms with Gasteiger partial charge in [-0.15, -0.1) is 0 Å². The van der Waals surface area contributed by atoms with Crippen molar-refractivity contribution in [3.8, 4) is 5.75 Å². The molecule has 0 fully saturated rings. The molecular formula is C22H23ClF3NO3. The first-order valence-electron chi connectivity index (χ1n) is 9.52. The van der Waals surface area contributed by atoms with Crippen molar-refractivity contribution in [1.29, 1.82) is 0 Å². The van der Waals surface area contributed by atoms with E-state index in [4.69, 9.17) is 21.1 Å². The standard InChI is InChI=1S/C22H23ClF3NO3/c1-21(2,3)30-20(28)27-11-10-14-6-4-5-7-16(14)19(27)13-29-15-8-9-18(23)17(12-15)22(24,25)26/h4-9,12,19H,10-11,13H2,1-3H3. The Kier molecular flexibility index (Phi) is 6.22. The Labute approximate surface area is 178 Å². The molecule has 0 bridgehead atoms. The van der Waals surface area contributed by atoms with Crippen LogP contribution in [0.25, 0.3) is 0 Å². The number of nitrogens with zero attached hydrogens (tertiary/aromatic N) is 1. The minimum Gasteiger partial charge on any atom is -0.491 e. The molecule has 2 aromatic rings. The molecule has 0 saturated carbocycles. The fourth-order valence-corrected chi connectivity index (χ4v) is 3.58. The maximum atomic E-state index is 13.1. The second-order valence-electron chi connectivity index (χ2n) is 8.09. The predicted octanol–water partition coefficient (Wildman–Crippen LogP) is 6.27. The number of carbonyl (C=O) groups is 1. The molecule has 30 heavy (non-hydrogen) atoms. The number of halogens is 4. The highest BCUT2D eigenvalue weighted by molar-refractivity contribution is 6.31. The van der Waals surface area contributed by atoms with Crippen LogP contribution in [0.2, 0.25) is 5.02 Å². The number of amides is 1. The molecule has 4 nitrogen and oxygen atoms in total. The fourth-order valence-electron chi connectivity index (χ4n) is 3.36. The molecule has 1 aliphatic rings. The topological polar surface area (TPSA) is 38.8 Å². The largest absolute Gasteiger partial charge is 0.491 e. The number of rotatable bonds is 3. The van der Waals surface area contributed by atoms with Crippen molar-refractivity contribution in [2.75, 3.05) is 13.2 Å². The molecule has 0 N–H and O–H groups in total. The Balaban J connectivity index is 1.86. The third-order valence-corrected chi connectivity index (χ3v) is 5.02. The number of carbonyl (C=O) groups excluding carboxylic acids is 1. The van der Waals surface area contributed by atoms with Gasteiger partial charge in [0.15, 0.2) is 0 Å². The molecule has 0 aromatic heterocycles. The van der Waals surface area contributed by atoms with E-state index in [2.05, 4.69) is 0 Å². The number of ether oxygens (including phenoxy) is 2. The molecule has 1 amide bonds. The maximum Gasteiger partial charge on any atom is 0.417 e. The average molecular weight is 442 g/mol. The molecule has 2 aromatic carbocycles. The van der Waals surface area contributed by atoms with Crippen LogP contribution in [0.5, 0.6) is 5.75 Å². The zero-order valence-corrected chi connectivity index (χ0v) is 17.7. The zero-order valence-electron chi connectivity index (χ0n) is 16.9. The lowest BCUT2D eigenvalue weighted by atomic mass is 9.93. The molecule has 0 saturated heterocycles. The minimum atomic E-state index is -4.59. The van der Waals surface area contributed by atoms with Gasteiger partial charge in [-0.25, -0.2) is 4.79 Å². The molecule has 0 spiro atoms. The van der Waals surface area contributed by atoms with Crippen LogP contribution in [0, 0.1) is 0 Å². The van der Waals surface area contributed by atoms with E-state index in [9.17, 15) is 18.0 Å².